The zero-order valence-corrected chi connectivity index (χ0v) is 19.4. The van der Waals surface area contributed by atoms with E-state index in [1.165, 1.54) is 56.3 Å². The van der Waals surface area contributed by atoms with Crippen LogP contribution < -0.4 is 5.73 Å². The number of nitrogens with two attached hydrogens (primary N) is 1. The molecule has 2 N–H and O–H groups in total. The molecular formula is C26H37NO2S. The predicted molar refractivity (Wildman–Crippen MR) is 123 cm³/mol. The molecule has 6 rings (SSSR count). The zero-order chi connectivity index (χ0) is 20.6. The van der Waals surface area contributed by atoms with Gasteiger partial charge in [0.1, 0.15) is 5.60 Å². The predicted octanol–water partition coefficient (Wildman–Crippen LogP) is 5.91. The summed E-state index contributed by atoms with van der Waals surface area (Å²) in [6, 6.07) is 2.20. The smallest absolute Gasteiger partial charge is 0.104 e. The van der Waals surface area contributed by atoms with Crippen LogP contribution in [0.3, 0.4) is 0 Å². The molecule has 8 atom stereocenters. The molecule has 0 bridgehead atoms. The summed E-state index contributed by atoms with van der Waals surface area (Å²) in [7, 11) is 0. The molecule has 164 valence electrons. The minimum atomic E-state index is 0.121. The van der Waals surface area contributed by atoms with Gasteiger partial charge in [-0.2, -0.15) is 11.8 Å². The third-order valence-electron chi connectivity index (χ3n) is 10.1. The molecule has 5 aliphatic rings. The molecule has 0 amide bonds. The standard InChI is InChI=1S/C26H37NO2S/c1-24-9-6-19(30-13-3-11-27)14-18(24)4-5-21-20(24)7-10-25(2)22(17-8-12-28-16-17)15-23-26(21,25)29-23/h4,8,12,16,19-23H,3,5-7,9-11,13-15,27H2,1-2H3/t19?,20-,21-,22?,23?,24+,25-,26+/m1/s1. The maximum absolute atomic E-state index is 6.68. The average molecular weight is 428 g/mol. The van der Waals surface area contributed by atoms with Gasteiger partial charge in [-0.05, 0) is 98.5 Å². The number of epoxide rings is 1. The largest absolute Gasteiger partial charge is 0.472 e. The van der Waals surface area contributed by atoms with Crippen molar-refractivity contribution >= 4 is 11.8 Å². The van der Waals surface area contributed by atoms with Gasteiger partial charge >= 0.3 is 0 Å². The number of allylic oxidation sites excluding steroid dienone is 2. The van der Waals surface area contributed by atoms with Gasteiger partial charge in [-0.25, -0.2) is 0 Å². The summed E-state index contributed by atoms with van der Waals surface area (Å²) >= 11 is 2.17. The first kappa shape index (κ1) is 19.9. The van der Waals surface area contributed by atoms with Crippen molar-refractivity contribution in [1.29, 1.82) is 0 Å². The Kier molecular flexibility index (Phi) is 4.58. The summed E-state index contributed by atoms with van der Waals surface area (Å²) < 4.78 is 12.2. The molecule has 0 radical (unpaired) electrons. The van der Waals surface area contributed by atoms with E-state index in [-0.39, 0.29) is 11.0 Å². The van der Waals surface area contributed by atoms with E-state index in [9.17, 15) is 0 Å². The average Bonchev–Trinajstić information content (AvgIpc) is 3.09. The van der Waals surface area contributed by atoms with Gasteiger partial charge in [0.25, 0.3) is 0 Å². The van der Waals surface area contributed by atoms with Crippen molar-refractivity contribution in [1.82, 2.24) is 0 Å². The van der Waals surface area contributed by atoms with Crippen molar-refractivity contribution in [3.63, 3.8) is 0 Å². The first-order chi connectivity index (χ1) is 14.5. The van der Waals surface area contributed by atoms with Crippen LogP contribution in [0.2, 0.25) is 0 Å². The number of hydrogen-bond acceptors (Lipinski definition) is 4. The van der Waals surface area contributed by atoms with Crippen LogP contribution in [0.5, 0.6) is 0 Å². The van der Waals surface area contributed by atoms with E-state index in [2.05, 4.69) is 37.8 Å². The van der Waals surface area contributed by atoms with Crippen molar-refractivity contribution in [2.75, 3.05) is 12.3 Å². The molecule has 1 saturated heterocycles. The quantitative estimate of drug-likeness (QED) is 0.361. The highest BCUT2D eigenvalue weighted by molar-refractivity contribution is 7.99. The van der Waals surface area contributed by atoms with Crippen molar-refractivity contribution in [2.24, 2.45) is 28.4 Å². The second-order valence-corrected chi connectivity index (χ2v) is 12.6. The Bertz CT molecular complexity index is 836. The van der Waals surface area contributed by atoms with Crippen LogP contribution in [0.25, 0.3) is 0 Å². The Hall–Kier alpha value is -0.710. The van der Waals surface area contributed by atoms with E-state index < -0.39 is 0 Å². The summed E-state index contributed by atoms with van der Waals surface area (Å²) in [6.07, 6.45) is 17.3. The monoisotopic (exact) mass is 427 g/mol. The minimum Gasteiger partial charge on any atom is -0.472 e. The lowest BCUT2D eigenvalue weighted by Gasteiger charge is -2.58. The molecule has 2 heterocycles. The van der Waals surface area contributed by atoms with Crippen LogP contribution in [-0.4, -0.2) is 29.3 Å². The van der Waals surface area contributed by atoms with Gasteiger partial charge in [0.05, 0.1) is 18.6 Å². The Morgan fingerprint density at radius 1 is 1.20 bits per heavy atom. The van der Waals surface area contributed by atoms with Gasteiger partial charge in [-0.3, -0.25) is 0 Å². The maximum atomic E-state index is 6.68. The lowest BCUT2D eigenvalue weighted by atomic mass is 9.46. The van der Waals surface area contributed by atoms with Crippen LogP contribution in [0.15, 0.2) is 34.7 Å². The first-order valence-electron chi connectivity index (χ1n) is 12.2. The van der Waals surface area contributed by atoms with Crippen molar-refractivity contribution in [3.05, 3.63) is 35.8 Å². The van der Waals surface area contributed by atoms with Crippen molar-refractivity contribution in [2.45, 2.75) is 88.1 Å². The molecular weight excluding hydrogens is 390 g/mol. The minimum absolute atomic E-state index is 0.121. The van der Waals surface area contributed by atoms with Gasteiger partial charge in [0, 0.05) is 10.7 Å². The van der Waals surface area contributed by atoms with Gasteiger partial charge < -0.3 is 14.9 Å². The topological polar surface area (TPSA) is 51.7 Å². The second-order valence-electron chi connectivity index (χ2n) is 11.2. The molecule has 1 aromatic heterocycles. The van der Waals surface area contributed by atoms with Gasteiger partial charge in [-0.15, -0.1) is 0 Å². The highest BCUT2D eigenvalue weighted by Crippen LogP contribution is 2.77. The first-order valence-corrected chi connectivity index (χ1v) is 13.3. The number of rotatable bonds is 5. The lowest BCUT2D eigenvalue weighted by Crippen LogP contribution is -2.55. The van der Waals surface area contributed by atoms with Crippen LogP contribution in [-0.2, 0) is 4.74 Å². The number of thioether (sulfide) groups is 1. The van der Waals surface area contributed by atoms with Crippen LogP contribution >= 0.6 is 11.8 Å². The molecule has 1 spiro atoms. The van der Waals surface area contributed by atoms with Crippen molar-refractivity contribution in [3.8, 4) is 0 Å². The lowest BCUT2D eigenvalue weighted by molar-refractivity contribution is -0.0705. The molecule has 30 heavy (non-hydrogen) atoms. The Labute approximate surface area is 185 Å². The molecule has 1 aromatic rings. The van der Waals surface area contributed by atoms with E-state index >= 15 is 0 Å². The molecule has 4 fully saturated rings. The molecule has 3 nitrogen and oxygen atoms in total. The highest BCUT2D eigenvalue weighted by Gasteiger charge is 2.80. The van der Waals surface area contributed by atoms with E-state index in [1.54, 1.807) is 5.57 Å². The zero-order valence-electron chi connectivity index (χ0n) is 18.6. The fourth-order valence-electron chi connectivity index (χ4n) is 8.51. The second kappa shape index (κ2) is 6.89. The van der Waals surface area contributed by atoms with E-state index in [1.807, 2.05) is 12.5 Å². The SMILES string of the molecule is C[C@]12CCC(SCCCN)CC1=CC[C@@H]1[C@H]2CC[C@]2(C)C(c3ccoc3)CC3O[C@]312. The molecule has 1 aliphatic heterocycles. The molecule has 4 heteroatoms. The highest BCUT2D eigenvalue weighted by atomic mass is 32.2. The van der Waals surface area contributed by atoms with E-state index in [4.69, 9.17) is 14.9 Å². The maximum Gasteiger partial charge on any atom is 0.104 e. The molecule has 3 saturated carbocycles. The number of furan rings is 1. The fraction of sp³-hybridized carbons (Fsp3) is 0.769. The number of ether oxygens (including phenoxy) is 1. The number of hydrogen-bond donors (Lipinski definition) is 1. The summed E-state index contributed by atoms with van der Waals surface area (Å²) in [5, 5.41) is 0.807. The van der Waals surface area contributed by atoms with E-state index in [0.29, 0.717) is 23.4 Å². The van der Waals surface area contributed by atoms with E-state index in [0.717, 1.165) is 24.1 Å². The van der Waals surface area contributed by atoms with Crippen LogP contribution in [0.4, 0.5) is 0 Å². The van der Waals surface area contributed by atoms with Gasteiger partial charge in [0.2, 0.25) is 0 Å². The molecule has 3 unspecified atom stereocenters. The summed E-state index contributed by atoms with van der Waals surface area (Å²) in [6.45, 7) is 5.97. The Morgan fingerprint density at radius 2 is 2.10 bits per heavy atom. The third kappa shape index (κ3) is 2.53. The third-order valence-corrected chi connectivity index (χ3v) is 11.5. The summed E-state index contributed by atoms with van der Waals surface area (Å²) in [4.78, 5) is 0. The van der Waals surface area contributed by atoms with Gasteiger partial charge in [-0.1, -0.05) is 25.5 Å². The summed E-state index contributed by atoms with van der Waals surface area (Å²) in [5.74, 6) is 3.33. The van der Waals surface area contributed by atoms with Crippen LogP contribution in [0, 0.1) is 22.7 Å². The summed E-state index contributed by atoms with van der Waals surface area (Å²) in [5.41, 5.74) is 9.68. The normalized spacial score (nSPS) is 48.9. The molecule has 4 aliphatic carbocycles. The Morgan fingerprint density at radius 3 is 2.90 bits per heavy atom. The van der Waals surface area contributed by atoms with Crippen molar-refractivity contribution < 1.29 is 9.15 Å². The fourth-order valence-corrected chi connectivity index (χ4v) is 9.76. The van der Waals surface area contributed by atoms with Gasteiger partial charge in [0.15, 0.2) is 0 Å². The molecule has 0 aromatic carbocycles. The van der Waals surface area contributed by atoms with Crippen LogP contribution in [0.1, 0.15) is 76.7 Å². The number of fused-ring (bicyclic) bond motifs is 3. The Balaban J connectivity index is 1.26.